The van der Waals surface area contributed by atoms with E-state index in [0.717, 1.165) is 46.2 Å². The summed E-state index contributed by atoms with van der Waals surface area (Å²) in [5, 5.41) is 5.15. The molecule has 3 aliphatic rings. The summed E-state index contributed by atoms with van der Waals surface area (Å²) in [6.45, 7) is 4.75. The number of fused-ring (bicyclic) bond motifs is 7. The van der Waals surface area contributed by atoms with Crippen LogP contribution in [0, 0.1) is 0 Å². The van der Waals surface area contributed by atoms with Crippen LogP contribution in [0.5, 0.6) is 0 Å². The van der Waals surface area contributed by atoms with Gasteiger partial charge in [0.15, 0.2) is 0 Å². The fourth-order valence-electron chi connectivity index (χ4n) is 10.6. The second-order valence-corrected chi connectivity index (χ2v) is 16.9. The molecule has 0 radical (unpaired) electrons. The van der Waals surface area contributed by atoms with E-state index in [1.165, 1.54) is 92.7 Å². The average molecular weight is 738 g/mol. The number of furan rings is 1. The van der Waals surface area contributed by atoms with Gasteiger partial charge in [0.1, 0.15) is 11.2 Å². The standard InChI is InChI=1S/C55H47NO/c1-55(2)48-26-10-6-21-42(48)43-32-30-38(34-49(43)55)40-20-7-11-27-50(40)56(39-31-33-53-47(35-39)45-23-9-13-29-52(45)57-53)51-28-12-8-22-44(51)46-25-15-19-37-18-14-24-41(54(37)46)36-16-4-3-5-17-36/h6-14,18-24,26-36H,3-5,15-17,25H2,1-2H3. The fraction of sp³-hybridized carbons (Fsp3) is 0.200. The van der Waals surface area contributed by atoms with Gasteiger partial charge in [-0.05, 0) is 123 Å². The van der Waals surface area contributed by atoms with Gasteiger partial charge >= 0.3 is 0 Å². The van der Waals surface area contributed by atoms with E-state index in [2.05, 4.69) is 176 Å². The zero-order chi connectivity index (χ0) is 38.1. The highest BCUT2D eigenvalue weighted by molar-refractivity contribution is 6.07. The predicted octanol–water partition coefficient (Wildman–Crippen LogP) is 13.9. The Morgan fingerprint density at radius 2 is 1.26 bits per heavy atom. The first-order valence-electron chi connectivity index (χ1n) is 21.0. The normalized spacial score (nSPS) is 15.9. The molecule has 0 saturated heterocycles. The van der Waals surface area contributed by atoms with Crippen LogP contribution in [0.15, 0.2) is 156 Å². The van der Waals surface area contributed by atoms with Gasteiger partial charge in [0.2, 0.25) is 0 Å². The van der Waals surface area contributed by atoms with Gasteiger partial charge < -0.3 is 9.32 Å². The largest absolute Gasteiger partial charge is 0.456 e. The summed E-state index contributed by atoms with van der Waals surface area (Å²) in [6.07, 6.45) is 11.1. The highest BCUT2D eigenvalue weighted by atomic mass is 16.3. The lowest BCUT2D eigenvalue weighted by molar-refractivity contribution is 0.442. The lowest BCUT2D eigenvalue weighted by atomic mass is 9.80. The molecular formula is C55H47NO. The molecule has 278 valence electrons. The minimum Gasteiger partial charge on any atom is -0.456 e. The van der Waals surface area contributed by atoms with Crippen molar-refractivity contribution >= 4 is 50.6 Å². The maximum Gasteiger partial charge on any atom is 0.135 e. The molecule has 2 nitrogen and oxygen atoms in total. The number of nitrogens with zero attached hydrogens (tertiary/aromatic N) is 1. The number of hydrogen-bond acceptors (Lipinski definition) is 2. The number of rotatable bonds is 6. The molecule has 0 amide bonds. The second kappa shape index (κ2) is 13.5. The minimum absolute atomic E-state index is 0.0887. The molecule has 0 N–H and O–H groups in total. The summed E-state index contributed by atoms with van der Waals surface area (Å²) < 4.78 is 6.38. The van der Waals surface area contributed by atoms with Crippen LogP contribution in [0.2, 0.25) is 0 Å². The van der Waals surface area contributed by atoms with Crippen LogP contribution in [-0.4, -0.2) is 0 Å². The van der Waals surface area contributed by atoms with Gasteiger partial charge in [-0.2, -0.15) is 0 Å². The fourth-order valence-corrected chi connectivity index (χ4v) is 10.6. The average Bonchev–Trinajstić information content (AvgIpc) is 3.75. The molecule has 0 spiro atoms. The maximum absolute atomic E-state index is 6.38. The molecule has 11 rings (SSSR count). The van der Waals surface area contributed by atoms with Crippen molar-refractivity contribution in [2.75, 3.05) is 4.90 Å². The van der Waals surface area contributed by atoms with Crippen molar-refractivity contribution in [1.29, 1.82) is 0 Å². The molecule has 0 aliphatic heterocycles. The first-order chi connectivity index (χ1) is 28.0. The smallest absolute Gasteiger partial charge is 0.135 e. The van der Waals surface area contributed by atoms with Gasteiger partial charge in [0.05, 0.1) is 11.4 Å². The molecule has 1 fully saturated rings. The monoisotopic (exact) mass is 737 g/mol. The molecule has 3 aliphatic carbocycles. The topological polar surface area (TPSA) is 16.4 Å². The number of benzene rings is 7. The molecule has 2 heteroatoms. The van der Waals surface area contributed by atoms with Gasteiger partial charge in [-0.1, -0.05) is 148 Å². The number of anilines is 3. The molecule has 8 aromatic rings. The van der Waals surface area contributed by atoms with Crippen LogP contribution in [0.3, 0.4) is 0 Å². The van der Waals surface area contributed by atoms with E-state index in [1.54, 1.807) is 5.56 Å². The molecule has 1 aromatic heterocycles. The lowest BCUT2D eigenvalue weighted by Crippen LogP contribution is -2.35. The predicted molar refractivity (Wildman–Crippen MR) is 239 cm³/mol. The second-order valence-electron chi connectivity index (χ2n) is 16.9. The zero-order valence-corrected chi connectivity index (χ0v) is 32.9. The number of para-hydroxylation sites is 3. The van der Waals surface area contributed by atoms with E-state index < -0.39 is 0 Å². The number of hydrogen-bond donors (Lipinski definition) is 0. The van der Waals surface area contributed by atoms with Crippen molar-refractivity contribution in [1.82, 2.24) is 0 Å². The summed E-state index contributed by atoms with van der Waals surface area (Å²) in [5.41, 5.74) is 17.5. The van der Waals surface area contributed by atoms with E-state index in [1.807, 2.05) is 0 Å². The van der Waals surface area contributed by atoms with Crippen molar-refractivity contribution in [3.05, 3.63) is 184 Å². The molecule has 0 bridgehead atoms. The molecule has 7 aromatic carbocycles. The maximum atomic E-state index is 6.38. The molecule has 1 heterocycles. The van der Waals surface area contributed by atoms with Crippen LogP contribution in [0.25, 0.3) is 55.8 Å². The van der Waals surface area contributed by atoms with E-state index >= 15 is 0 Å². The van der Waals surface area contributed by atoms with Gasteiger partial charge in [-0.25, -0.2) is 0 Å². The quantitative estimate of drug-likeness (QED) is 0.169. The van der Waals surface area contributed by atoms with Crippen molar-refractivity contribution in [3.63, 3.8) is 0 Å². The van der Waals surface area contributed by atoms with Gasteiger partial charge in [-0.15, -0.1) is 0 Å². The van der Waals surface area contributed by atoms with Gasteiger partial charge in [0.25, 0.3) is 0 Å². The Kier molecular flexibility index (Phi) is 8.10. The van der Waals surface area contributed by atoms with E-state index in [4.69, 9.17) is 4.42 Å². The van der Waals surface area contributed by atoms with E-state index in [0.29, 0.717) is 5.92 Å². The Morgan fingerprint density at radius 3 is 2.12 bits per heavy atom. The lowest BCUT2D eigenvalue weighted by Gasteiger charge is -2.31. The molecular weight excluding hydrogens is 691 g/mol. The van der Waals surface area contributed by atoms with Crippen LogP contribution in [0.4, 0.5) is 17.1 Å². The van der Waals surface area contributed by atoms with E-state index in [9.17, 15) is 0 Å². The van der Waals surface area contributed by atoms with E-state index in [-0.39, 0.29) is 5.41 Å². The third-order valence-corrected chi connectivity index (χ3v) is 13.4. The van der Waals surface area contributed by atoms with Gasteiger partial charge in [-0.3, -0.25) is 0 Å². The van der Waals surface area contributed by atoms with Crippen LogP contribution < -0.4 is 15.3 Å². The Balaban J connectivity index is 1.16. The Morgan fingerprint density at radius 1 is 0.561 bits per heavy atom. The minimum atomic E-state index is -0.0887. The summed E-state index contributed by atoms with van der Waals surface area (Å²) in [7, 11) is 0. The summed E-state index contributed by atoms with van der Waals surface area (Å²) in [5.74, 6) is 0.617. The Hall–Kier alpha value is -6.12. The summed E-state index contributed by atoms with van der Waals surface area (Å²) >= 11 is 0. The first kappa shape index (κ1) is 34.2. The van der Waals surface area contributed by atoms with Crippen molar-refractivity contribution < 1.29 is 4.42 Å². The van der Waals surface area contributed by atoms with Crippen LogP contribution in [-0.2, 0) is 5.41 Å². The van der Waals surface area contributed by atoms with Crippen LogP contribution >= 0.6 is 0 Å². The van der Waals surface area contributed by atoms with Crippen molar-refractivity contribution in [3.8, 4) is 22.3 Å². The third kappa shape index (κ3) is 5.52. The molecule has 0 unspecified atom stereocenters. The Labute approximate surface area is 335 Å². The first-order valence-corrected chi connectivity index (χ1v) is 21.0. The third-order valence-electron chi connectivity index (χ3n) is 13.4. The van der Waals surface area contributed by atoms with Gasteiger partial charge in [0, 0.05) is 33.0 Å². The molecule has 0 atom stereocenters. The van der Waals surface area contributed by atoms with Crippen LogP contribution in [0.1, 0.15) is 87.0 Å². The van der Waals surface area contributed by atoms with Crippen molar-refractivity contribution in [2.45, 2.75) is 70.1 Å². The summed E-state index contributed by atoms with van der Waals surface area (Å²) in [4.78, 5) is 2.53. The highest BCUT2D eigenvalue weighted by Crippen LogP contribution is 2.51. The summed E-state index contributed by atoms with van der Waals surface area (Å²) in [6, 6.07) is 56.6. The Bertz CT molecular complexity index is 2990. The molecule has 1 saturated carbocycles. The highest BCUT2D eigenvalue weighted by Gasteiger charge is 2.35. The zero-order valence-electron chi connectivity index (χ0n) is 32.9. The van der Waals surface area contributed by atoms with Crippen molar-refractivity contribution in [2.24, 2.45) is 0 Å². The SMILES string of the molecule is CC1(C)c2ccccc2-c2ccc(-c3ccccc3N(c3ccc4oc5ccccc5c4c3)c3ccccc3C3=c4c(C5CCCCC5)cccc4=CCC3)cc21. The molecule has 57 heavy (non-hydrogen) atoms.